The van der Waals surface area contributed by atoms with Crippen molar-refractivity contribution in [3.05, 3.63) is 41.7 Å². The number of amides is 1. The van der Waals surface area contributed by atoms with Gasteiger partial charge in [-0.05, 0) is 38.0 Å². The van der Waals surface area contributed by atoms with Crippen LogP contribution in [0.5, 0.6) is 5.75 Å². The molecule has 0 bridgehead atoms. The molecule has 2 N–H and O–H groups in total. The molecule has 0 unspecified atom stereocenters. The van der Waals surface area contributed by atoms with Gasteiger partial charge in [0, 0.05) is 23.5 Å². The zero-order valence-electron chi connectivity index (χ0n) is 12.6. The van der Waals surface area contributed by atoms with Gasteiger partial charge in [-0.25, -0.2) is 9.97 Å². The van der Waals surface area contributed by atoms with Crippen LogP contribution >= 0.6 is 0 Å². The van der Waals surface area contributed by atoms with Crippen LogP contribution in [0.4, 0.5) is 11.6 Å². The predicted octanol–water partition coefficient (Wildman–Crippen LogP) is 2.62. The molecule has 1 amide bonds. The summed E-state index contributed by atoms with van der Waals surface area (Å²) in [5.74, 6) is 0.934. The molecule has 0 aliphatic heterocycles. The number of nitrogens with zero attached hydrogens (tertiary/aromatic N) is 2. The van der Waals surface area contributed by atoms with Crippen LogP contribution in [0.25, 0.3) is 0 Å². The van der Waals surface area contributed by atoms with E-state index in [0.29, 0.717) is 29.1 Å². The Labute approximate surface area is 128 Å². The summed E-state index contributed by atoms with van der Waals surface area (Å²) in [6, 6.07) is 9.32. The Hall–Kier alpha value is -2.63. The Kier molecular flexibility index (Phi) is 3.91. The first kappa shape index (κ1) is 14.3. The summed E-state index contributed by atoms with van der Waals surface area (Å²) in [6.45, 7) is 1.85. The highest BCUT2D eigenvalue weighted by atomic mass is 16.5. The maximum atomic E-state index is 12.3. The molecule has 22 heavy (non-hydrogen) atoms. The van der Waals surface area contributed by atoms with Gasteiger partial charge in [-0.15, -0.1) is 0 Å². The number of hydrogen-bond acceptors (Lipinski definition) is 5. The zero-order valence-corrected chi connectivity index (χ0v) is 12.6. The van der Waals surface area contributed by atoms with Crippen molar-refractivity contribution < 1.29 is 9.53 Å². The van der Waals surface area contributed by atoms with Crippen molar-refractivity contribution in [1.82, 2.24) is 9.97 Å². The largest absolute Gasteiger partial charge is 0.497 e. The first-order chi connectivity index (χ1) is 10.6. The average Bonchev–Trinajstić information content (AvgIpc) is 3.30. The standard InChI is InChI=1S/C16H18N4O2/c1-10-8-14(20-16(17-10)19-11-6-7-11)15(21)18-12-4-3-5-13(9-12)22-2/h3-5,8-9,11H,6-7H2,1-2H3,(H,18,21)(H,17,19,20). The molecule has 1 saturated carbocycles. The van der Waals surface area contributed by atoms with Crippen molar-refractivity contribution >= 4 is 17.5 Å². The Balaban J connectivity index is 1.77. The van der Waals surface area contributed by atoms with E-state index in [1.54, 1.807) is 25.3 Å². The summed E-state index contributed by atoms with van der Waals surface area (Å²) >= 11 is 0. The molecule has 0 spiro atoms. The van der Waals surface area contributed by atoms with Crippen molar-refractivity contribution in [2.24, 2.45) is 0 Å². The first-order valence-electron chi connectivity index (χ1n) is 7.21. The van der Waals surface area contributed by atoms with Crippen LogP contribution in [0.1, 0.15) is 29.0 Å². The van der Waals surface area contributed by atoms with E-state index in [-0.39, 0.29) is 5.91 Å². The first-order valence-corrected chi connectivity index (χ1v) is 7.21. The van der Waals surface area contributed by atoms with E-state index in [2.05, 4.69) is 20.6 Å². The topological polar surface area (TPSA) is 76.1 Å². The van der Waals surface area contributed by atoms with E-state index in [1.165, 1.54) is 0 Å². The fourth-order valence-corrected chi connectivity index (χ4v) is 2.06. The minimum atomic E-state index is -0.266. The van der Waals surface area contributed by atoms with Gasteiger partial charge in [0.2, 0.25) is 5.95 Å². The summed E-state index contributed by atoms with van der Waals surface area (Å²) in [7, 11) is 1.59. The maximum absolute atomic E-state index is 12.3. The van der Waals surface area contributed by atoms with Crippen molar-refractivity contribution in [3.63, 3.8) is 0 Å². The Morgan fingerprint density at radius 2 is 2.09 bits per heavy atom. The number of anilines is 2. The van der Waals surface area contributed by atoms with E-state index in [1.807, 2.05) is 19.1 Å². The molecule has 1 fully saturated rings. The highest BCUT2D eigenvalue weighted by Gasteiger charge is 2.22. The SMILES string of the molecule is COc1cccc(NC(=O)c2cc(C)nc(NC3CC3)n2)c1. The number of benzene rings is 1. The van der Waals surface area contributed by atoms with Gasteiger partial charge in [0.05, 0.1) is 7.11 Å². The van der Waals surface area contributed by atoms with E-state index in [0.717, 1.165) is 18.5 Å². The van der Waals surface area contributed by atoms with E-state index in [4.69, 9.17) is 4.74 Å². The third-order valence-electron chi connectivity index (χ3n) is 3.33. The van der Waals surface area contributed by atoms with Gasteiger partial charge in [-0.3, -0.25) is 4.79 Å². The fraction of sp³-hybridized carbons (Fsp3) is 0.312. The molecule has 0 saturated heterocycles. The van der Waals surface area contributed by atoms with Gasteiger partial charge in [-0.2, -0.15) is 0 Å². The average molecular weight is 298 g/mol. The molecule has 1 heterocycles. The Morgan fingerprint density at radius 1 is 1.27 bits per heavy atom. The summed E-state index contributed by atoms with van der Waals surface area (Å²) < 4.78 is 5.14. The third-order valence-corrected chi connectivity index (χ3v) is 3.33. The molecule has 1 aliphatic rings. The smallest absolute Gasteiger partial charge is 0.274 e. The van der Waals surface area contributed by atoms with E-state index < -0.39 is 0 Å². The van der Waals surface area contributed by atoms with Crippen LogP contribution < -0.4 is 15.4 Å². The van der Waals surface area contributed by atoms with Crippen LogP contribution in [0.3, 0.4) is 0 Å². The third kappa shape index (κ3) is 3.52. The van der Waals surface area contributed by atoms with Crippen molar-refractivity contribution in [2.75, 3.05) is 17.7 Å². The van der Waals surface area contributed by atoms with Crippen molar-refractivity contribution in [3.8, 4) is 5.75 Å². The quantitative estimate of drug-likeness (QED) is 0.887. The fourth-order valence-electron chi connectivity index (χ4n) is 2.06. The van der Waals surface area contributed by atoms with Crippen LogP contribution in [-0.2, 0) is 0 Å². The number of ether oxygens (including phenoxy) is 1. The Bertz CT molecular complexity index is 698. The number of methoxy groups -OCH3 is 1. The van der Waals surface area contributed by atoms with Crippen LogP contribution in [-0.4, -0.2) is 29.0 Å². The minimum Gasteiger partial charge on any atom is -0.497 e. The monoisotopic (exact) mass is 298 g/mol. The van der Waals surface area contributed by atoms with E-state index in [9.17, 15) is 4.79 Å². The molecule has 3 rings (SSSR count). The van der Waals surface area contributed by atoms with Crippen LogP contribution in [0.15, 0.2) is 30.3 Å². The maximum Gasteiger partial charge on any atom is 0.274 e. The molecular weight excluding hydrogens is 280 g/mol. The van der Waals surface area contributed by atoms with Gasteiger partial charge in [0.15, 0.2) is 0 Å². The lowest BCUT2D eigenvalue weighted by Gasteiger charge is -2.09. The number of carbonyl (C=O) groups excluding carboxylic acids is 1. The minimum absolute atomic E-state index is 0.266. The lowest BCUT2D eigenvalue weighted by Crippen LogP contribution is -2.16. The van der Waals surface area contributed by atoms with Gasteiger partial charge < -0.3 is 15.4 Å². The lowest BCUT2D eigenvalue weighted by molar-refractivity contribution is 0.102. The predicted molar refractivity (Wildman–Crippen MR) is 84.4 cm³/mol. The van der Waals surface area contributed by atoms with Crippen molar-refractivity contribution in [2.45, 2.75) is 25.8 Å². The number of hydrogen-bond donors (Lipinski definition) is 2. The van der Waals surface area contributed by atoms with Gasteiger partial charge in [0.25, 0.3) is 5.91 Å². The van der Waals surface area contributed by atoms with Crippen LogP contribution in [0.2, 0.25) is 0 Å². The highest BCUT2D eigenvalue weighted by molar-refractivity contribution is 6.03. The summed E-state index contributed by atoms with van der Waals surface area (Å²) in [5.41, 5.74) is 1.77. The molecular formula is C16H18N4O2. The van der Waals surface area contributed by atoms with Crippen LogP contribution in [0, 0.1) is 6.92 Å². The second kappa shape index (κ2) is 6.01. The molecule has 1 aromatic carbocycles. The second-order valence-corrected chi connectivity index (χ2v) is 5.32. The summed E-state index contributed by atoms with van der Waals surface area (Å²) in [4.78, 5) is 20.9. The zero-order chi connectivity index (χ0) is 15.5. The molecule has 2 aromatic rings. The molecule has 1 aliphatic carbocycles. The molecule has 6 nitrogen and oxygen atoms in total. The number of rotatable bonds is 5. The number of aryl methyl sites for hydroxylation is 1. The summed E-state index contributed by atoms with van der Waals surface area (Å²) in [6.07, 6.45) is 2.26. The number of nitrogens with one attached hydrogen (secondary N) is 2. The van der Waals surface area contributed by atoms with Gasteiger partial charge in [0.1, 0.15) is 11.4 Å². The molecule has 0 atom stereocenters. The Morgan fingerprint density at radius 3 is 2.82 bits per heavy atom. The van der Waals surface area contributed by atoms with Gasteiger partial charge in [-0.1, -0.05) is 6.07 Å². The normalized spacial score (nSPS) is 13.5. The number of carbonyl (C=O) groups is 1. The summed E-state index contributed by atoms with van der Waals surface area (Å²) in [5, 5.41) is 6.03. The number of aromatic nitrogens is 2. The lowest BCUT2D eigenvalue weighted by atomic mass is 10.2. The second-order valence-electron chi connectivity index (χ2n) is 5.32. The van der Waals surface area contributed by atoms with Crippen molar-refractivity contribution in [1.29, 1.82) is 0 Å². The van der Waals surface area contributed by atoms with Gasteiger partial charge >= 0.3 is 0 Å². The molecule has 6 heteroatoms. The van der Waals surface area contributed by atoms with E-state index >= 15 is 0 Å². The molecule has 1 aromatic heterocycles. The highest BCUT2D eigenvalue weighted by Crippen LogP contribution is 2.23. The molecule has 0 radical (unpaired) electrons. The molecule has 114 valence electrons.